The molecule has 2 N–H and O–H groups in total. The fourth-order valence-electron chi connectivity index (χ4n) is 1.90. The molecule has 0 aliphatic heterocycles. The Morgan fingerprint density at radius 3 is 2.13 bits per heavy atom. The van der Waals surface area contributed by atoms with Crippen molar-refractivity contribution in [2.75, 3.05) is 0 Å². The molecule has 0 amide bonds. The van der Waals surface area contributed by atoms with Crippen molar-refractivity contribution in [3.05, 3.63) is 34.4 Å². The molecule has 2 nitrogen and oxygen atoms in total. The normalized spacial score (nSPS) is 15.1. The Morgan fingerprint density at radius 1 is 1.27 bits per heavy atom. The minimum absolute atomic E-state index is 0.0186. The van der Waals surface area contributed by atoms with Crippen molar-refractivity contribution in [3.8, 4) is 0 Å². The topological polar surface area (TPSA) is 49.1 Å². The molecule has 3 heteroatoms. The number of hydrogen-bond donors (Lipinski definition) is 1. The standard InChI is InChI=1S/C12H19NOS/c1-8-5-9(2)12(10(3)6-8)7-11(4)15(13)14/h5-6,11H,7,13H2,1-4H3. The van der Waals surface area contributed by atoms with Crippen LogP contribution in [0.4, 0.5) is 0 Å². The maximum Gasteiger partial charge on any atom is 0.136 e. The monoisotopic (exact) mass is 225 g/mol. The van der Waals surface area contributed by atoms with Crippen LogP contribution in [0.2, 0.25) is 0 Å². The number of nitrogens with two attached hydrogens (primary N) is 1. The second-order valence-electron chi connectivity index (χ2n) is 4.22. The van der Waals surface area contributed by atoms with E-state index in [4.69, 9.17) is 5.14 Å². The van der Waals surface area contributed by atoms with E-state index in [0.29, 0.717) is 0 Å². The van der Waals surface area contributed by atoms with E-state index in [9.17, 15) is 4.55 Å². The molecule has 0 radical (unpaired) electrons. The van der Waals surface area contributed by atoms with Gasteiger partial charge in [-0.05, 0) is 44.4 Å². The van der Waals surface area contributed by atoms with E-state index in [1.807, 2.05) is 6.92 Å². The van der Waals surface area contributed by atoms with Crippen molar-refractivity contribution in [3.63, 3.8) is 0 Å². The first-order valence-corrected chi connectivity index (χ1v) is 6.41. The quantitative estimate of drug-likeness (QED) is 0.801. The van der Waals surface area contributed by atoms with Crippen LogP contribution in [0.1, 0.15) is 29.2 Å². The third-order valence-corrected chi connectivity index (χ3v) is 3.69. The average molecular weight is 225 g/mol. The third-order valence-electron chi connectivity index (χ3n) is 2.73. The maximum atomic E-state index is 11.1. The van der Waals surface area contributed by atoms with E-state index in [2.05, 4.69) is 32.9 Å². The lowest BCUT2D eigenvalue weighted by Gasteiger charge is -2.16. The zero-order valence-electron chi connectivity index (χ0n) is 9.83. The summed E-state index contributed by atoms with van der Waals surface area (Å²) in [4.78, 5) is 0. The molecule has 0 heterocycles. The average Bonchev–Trinajstić information content (AvgIpc) is 2.10. The first kappa shape index (κ1) is 12.6. The third kappa shape index (κ3) is 3.23. The van der Waals surface area contributed by atoms with Crippen molar-refractivity contribution in [2.45, 2.75) is 39.4 Å². The molecular formula is C12H19NOS. The fourth-order valence-corrected chi connectivity index (χ4v) is 2.23. The van der Waals surface area contributed by atoms with Gasteiger partial charge in [-0.2, -0.15) is 5.14 Å². The summed E-state index contributed by atoms with van der Waals surface area (Å²) in [5.74, 6) is 0. The van der Waals surface area contributed by atoms with Gasteiger partial charge >= 0.3 is 0 Å². The molecule has 0 bridgehead atoms. The summed E-state index contributed by atoms with van der Waals surface area (Å²) in [7, 11) is 0. The summed E-state index contributed by atoms with van der Waals surface area (Å²) < 4.78 is 11.1. The van der Waals surface area contributed by atoms with Crippen LogP contribution in [0.3, 0.4) is 0 Å². The molecule has 0 saturated heterocycles. The molecule has 2 atom stereocenters. The Bertz CT molecular complexity index is 326. The predicted octanol–water partition coefficient (Wildman–Crippen LogP) is 2.17. The molecule has 1 rings (SSSR count). The fraction of sp³-hybridized carbons (Fsp3) is 0.500. The highest BCUT2D eigenvalue weighted by Crippen LogP contribution is 2.19. The predicted molar refractivity (Wildman–Crippen MR) is 66.1 cm³/mol. The van der Waals surface area contributed by atoms with Crippen LogP contribution in [0, 0.1) is 20.8 Å². The first-order valence-electron chi connectivity index (χ1n) is 5.13. The zero-order chi connectivity index (χ0) is 11.6. The van der Waals surface area contributed by atoms with Crippen molar-refractivity contribution in [2.24, 2.45) is 5.14 Å². The van der Waals surface area contributed by atoms with Crippen LogP contribution in [0.5, 0.6) is 0 Å². The van der Waals surface area contributed by atoms with Crippen LogP contribution in [0.25, 0.3) is 0 Å². The molecule has 0 saturated carbocycles. The van der Waals surface area contributed by atoms with Gasteiger partial charge in [-0.1, -0.05) is 17.7 Å². The lowest BCUT2D eigenvalue weighted by Crippen LogP contribution is -2.28. The number of benzene rings is 1. The molecule has 0 aliphatic rings. The number of hydrogen-bond acceptors (Lipinski definition) is 2. The Balaban J connectivity index is 2.95. The van der Waals surface area contributed by atoms with Gasteiger partial charge in [-0.3, -0.25) is 0 Å². The molecule has 0 fully saturated rings. The Kier molecular flexibility index (Phi) is 4.20. The molecule has 1 aromatic carbocycles. The van der Waals surface area contributed by atoms with E-state index < -0.39 is 11.4 Å². The van der Waals surface area contributed by atoms with E-state index in [1.54, 1.807) is 0 Å². The molecular weight excluding hydrogens is 206 g/mol. The SMILES string of the molecule is Cc1cc(C)c(CC(C)[S+](N)[O-])c(C)c1. The van der Waals surface area contributed by atoms with Crippen LogP contribution in [-0.2, 0) is 17.8 Å². The van der Waals surface area contributed by atoms with Gasteiger partial charge in [-0.25, -0.2) is 0 Å². The van der Waals surface area contributed by atoms with E-state index in [-0.39, 0.29) is 5.25 Å². The minimum Gasteiger partial charge on any atom is -0.598 e. The Hall–Kier alpha value is -0.510. The highest BCUT2D eigenvalue weighted by molar-refractivity contribution is 7.89. The summed E-state index contributed by atoms with van der Waals surface area (Å²) in [6, 6.07) is 4.32. The number of rotatable bonds is 3. The molecule has 1 aromatic rings. The maximum absolute atomic E-state index is 11.1. The van der Waals surface area contributed by atoms with Crippen LogP contribution in [-0.4, -0.2) is 9.80 Å². The highest BCUT2D eigenvalue weighted by atomic mass is 32.2. The highest BCUT2D eigenvalue weighted by Gasteiger charge is 2.16. The van der Waals surface area contributed by atoms with Gasteiger partial charge in [0.1, 0.15) is 5.25 Å². The second-order valence-corrected chi connectivity index (χ2v) is 5.68. The van der Waals surface area contributed by atoms with E-state index >= 15 is 0 Å². The summed E-state index contributed by atoms with van der Waals surface area (Å²) in [5, 5.41) is 5.40. The molecule has 0 aliphatic carbocycles. The molecule has 2 unspecified atom stereocenters. The lowest BCUT2D eigenvalue weighted by atomic mass is 9.96. The van der Waals surface area contributed by atoms with Crippen LogP contribution >= 0.6 is 0 Å². The van der Waals surface area contributed by atoms with Gasteiger partial charge < -0.3 is 4.55 Å². The largest absolute Gasteiger partial charge is 0.598 e. The van der Waals surface area contributed by atoms with Gasteiger partial charge in [0.25, 0.3) is 0 Å². The van der Waals surface area contributed by atoms with Gasteiger partial charge in [0.15, 0.2) is 0 Å². The molecule has 0 aromatic heterocycles. The minimum atomic E-state index is -1.23. The zero-order valence-corrected chi connectivity index (χ0v) is 10.6. The summed E-state index contributed by atoms with van der Waals surface area (Å²) in [5.41, 5.74) is 5.09. The van der Waals surface area contributed by atoms with Gasteiger partial charge in [-0.15, -0.1) is 0 Å². The lowest BCUT2D eigenvalue weighted by molar-refractivity contribution is 0.583. The van der Waals surface area contributed by atoms with E-state index in [1.165, 1.54) is 22.3 Å². The Morgan fingerprint density at radius 2 is 1.73 bits per heavy atom. The van der Waals surface area contributed by atoms with Gasteiger partial charge in [0.2, 0.25) is 0 Å². The summed E-state index contributed by atoms with van der Waals surface area (Å²) in [6.45, 7) is 8.21. The smallest absolute Gasteiger partial charge is 0.136 e. The number of aryl methyl sites for hydroxylation is 3. The Labute approximate surface area is 95.2 Å². The molecule has 84 valence electrons. The second kappa shape index (κ2) is 5.01. The van der Waals surface area contributed by atoms with Crippen molar-refractivity contribution < 1.29 is 4.55 Å². The van der Waals surface area contributed by atoms with E-state index in [0.717, 1.165) is 6.42 Å². The summed E-state index contributed by atoms with van der Waals surface area (Å²) in [6.07, 6.45) is 0.793. The van der Waals surface area contributed by atoms with Crippen molar-refractivity contribution in [1.82, 2.24) is 0 Å². The van der Waals surface area contributed by atoms with Gasteiger partial charge in [0.05, 0.1) is 0 Å². The molecule has 0 spiro atoms. The van der Waals surface area contributed by atoms with Crippen LogP contribution in [0.15, 0.2) is 12.1 Å². The molecule has 15 heavy (non-hydrogen) atoms. The van der Waals surface area contributed by atoms with Crippen molar-refractivity contribution >= 4 is 11.4 Å². The summed E-state index contributed by atoms with van der Waals surface area (Å²) >= 11 is -1.23. The van der Waals surface area contributed by atoms with Gasteiger partial charge in [0, 0.05) is 17.8 Å². The first-order chi connectivity index (χ1) is 6.91. The van der Waals surface area contributed by atoms with Crippen LogP contribution < -0.4 is 5.14 Å². The van der Waals surface area contributed by atoms with Crippen molar-refractivity contribution in [1.29, 1.82) is 0 Å².